The van der Waals surface area contributed by atoms with Gasteiger partial charge in [0.25, 0.3) is 11.6 Å². The lowest BCUT2D eigenvalue weighted by Crippen LogP contribution is -2.14. The summed E-state index contributed by atoms with van der Waals surface area (Å²) in [5.74, 6) is -1.20. The van der Waals surface area contributed by atoms with Crippen molar-refractivity contribution < 1.29 is 14.1 Å². The van der Waals surface area contributed by atoms with Crippen LogP contribution in [0.5, 0.6) is 0 Å². The van der Waals surface area contributed by atoms with Crippen LogP contribution in [0, 0.1) is 22.9 Å². The fraction of sp³-hybridized carbons (Fsp3) is 0.0714. The number of hydrogen-bond acceptors (Lipinski definition) is 3. The van der Waals surface area contributed by atoms with Gasteiger partial charge >= 0.3 is 0 Å². The Morgan fingerprint density at radius 3 is 2.62 bits per heavy atom. The summed E-state index contributed by atoms with van der Waals surface area (Å²) in [6.45, 7) is 1.72. The van der Waals surface area contributed by atoms with E-state index >= 15 is 0 Å². The monoisotopic (exact) mass is 352 g/mol. The molecule has 1 amide bonds. The fourth-order valence-corrected chi connectivity index (χ4v) is 2.01. The van der Waals surface area contributed by atoms with Gasteiger partial charge in [-0.1, -0.05) is 6.07 Å². The maximum absolute atomic E-state index is 13.4. The van der Waals surface area contributed by atoms with Crippen LogP contribution in [0.1, 0.15) is 15.9 Å². The number of nitrogens with one attached hydrogen (secondary N) is 1. The summed E-state index contributed by atoms with van der Waals surface area (Å²) in [4.78, 5) is 22.5. The number of nitrogens with zero attached hydrogens (tertiary/aromatic N) is 1. The SMILES string of the molecule is Cc1ccc([N+](=O)[O-])c(C(=O)Nc2ccc(Br)c(F)c2)c1. The molecule has 7 heteroatoms. The van der Waals surface area contributed by atoms with E-state index in [1.807, 2.05) is 0 Å². The molecule has 2 aromatic rings. The van der Waals surface area contributed by atoms with Crippen molar-refractivity contribution in [2.75, 3.05) is 5.32 Å². The highest BCUT2D eigenvalue weighted by atomic mass is 79.9. The van der Waals surface area contributed by atoms with Crippen molar-refractivity contribution in [2.24, 2.45) is 0 Å². The van der Waals surface area contributed by atoms with Gasteiger partial charge in [-0.25, -0.2) is 4.39 Å². The molecule has 0 saturated heterocycles. The van der Waals surface area contributed by atoms with Crippen LogP contribution >= 0.6 is 15.9 Å². The Morgan fingerprint density at radius 2 is 2.00 bits per heavy atom. The van der Waals surface area contributed by atoms with Crippen LogP contribution in [0.15, 0.2) is 40.9 Å². The molecular formula is C14H10BrFN2O3. The van der Waals surface area contributed by atoms with Gasteiger partial charge in [0.1, 0.15) is 11.4 Å². The molecule has 0 radical (unpaired) electrons. The van der Waals surface area contributed by atoms with Crippen molar-refractivity contribution in [3.05, 3.63) is 67.9 Å². The molecule has 1 N–H and O–H groups in total. The summed E-state index contributed by atoms with van der Waals surface area (Å²) in [6, 6.07) is 8.30. The highest BCUT2D eigenvalue weighted by molar-refractivity contribution is 9.10. The maximum Gasteiger partial charge on any atom is 0.282 e. The van der Waals surface area contributed by atoms with Gasteiger partial charge in [-0.05, 0) is 52.7 Å². The molecule has 2 aromatic carbocycles. The van der Waals surface area contributed by atoms with E-state index in [-0.39, 0.29) is 21.4 Å². The molecule has 0 saturated carbocycles. The number of amides is 1. The predicted octanol–water partition coefficient (Wildman–Crippen LogP) is 4.06. The number of aryl methyl sites for hydroxylation is 1. The molecule has 2 rings (SSSR count). The molecule has 0 atom stereocenters. The lowest BCUT2D eigenvalue weighted by atomic mass is 10.1. The summed E-state index contributed by atoms with van der Waals surface area (Å²) in [5.41, 5.74) is 0.572. The fourth-order valence-electron chi connectivity index (χ4n) is 1.76. The third kappa shape index (κ3) is 3.43. The molecular weight excluding hydrogens is 343 g/mol. The second-order valence-corrected chi connectivity index (χ2v) is 5.22. The molecule has 0 heterocycles. The molecule has 108 valence electrons. The van der Waals surface area contributed by atoms with Gasteiger partial charge in [0, 0.05) is 11.8 Å². The lowest BCUT2D eigenvalue weighted by Gasteiger charge is -2.07. The van der Waals surface area contributed by atoms with Gasteiger partial charge in [-0.2, -0.15) is 0 Å². The zero-order chi connectivity index (χ0) is 15.6. The van der Waals surface area contributed by atoms with Crippen LogP contribution < -0.4 is 5.32 Å². The quantitative estimate of drug-likeness (QED) is 0.668. The first-order valence-electron chi connectivity index (χ1n) is 5.90. The molecule has 0 unspecified atom stereocenters. The van der Waals surface area contributed by atoms with Crippen LogP contribution in [-0.4, -0.2) is 10.8 Å². The molecule has 0 aliphatic rings. The van der Waals surface area contributed by atoms with E-state index < -0.39 is 16.6 Å². The van der Waals surface area contributed by atoms with E-state index in [1.54, 1.807) is 13.0 Å². The van der Waals surface area contributed by atoms with Crippen LogP contribution in [0.4, 0.5) is 15.8 Å². The number of rotatable bonds is 3. The first-order chi connectivity index (χ1) is 9.88. The molecule has 0 aromatic heterocycles. The highest BCUT2D eigenvalue weighted by Crippen LogP contribution is 2.23. The Hall–Kier alpha value is -2.28. The molecule has 5 nitrogen and oxygen atoms in total. The second kappa shape index (κ2) is 6.01. The topological polar surface area (TPSA) is 72.2 Å². The number of nitro benzene ring substituents is 1. The summed E-state index contributed by atoms with van der Waals surface area (Å²) in [6.07, 6.45) is 0. The van der Waals surface area contributed by atoms with Crippen molar-refractivity contribution in [2.45, 2.75) is 6.92 Å². The van der Waals surface area contributed by atoms with E-state index in [2.05, 4.69) is 21.2 Å². The third-order valence-corrected chi connectivity index (χ3v) is 3.41. The van der Waals surface area contributed by atoms with Crippen molar-refractivity contribution in [3.63, 3.8) is 0 Å². The first kappa shape index (κ1) is 15.1. The maximum atomic E-state index is 13.4. The summed E-state index contributed by atoms with van der Waals surface area (Å²) in [5, 5.41) is 13.4. The Kier molecular flexibility index (Phi) is 4.32. The summed E-state index contributed by atoms with van der Waals surface area (Å²) < 4.78 is 13.7. The molecule has 0 fully saturated rings. The largest absolute Gasteiger partial charge is 0.322 e. The number of benzene rings is 2. The minimum absolute atomic E-state index is 0.0664. The number of hydrogen-bond donors (Lipinski definition) is 1. The standard InChI is InChI=1S/C14H10BrFN2O3/c1-8-2-5-13(18(20)21)10(6-8)14(19)17-9-3-4-11(15)12(16)7-9/h2-7H,1H3,(H,17,19). The van der Waals surface area contributed by atoms with Crippen molar-refractivity contribution in [1.29, 1.82) is 0 Å². The normalized spacial score (nSPS) is 10.2. The predicted molar refractivity (Wildman–Crippen MR) is 79.9 cm³/mol. The van der Waals surface area contributed by atoms with E-state index in [9.17, 15) is 19.3 Å². The van der Waals surface area contributed by atoms with Gasteiger partial charge in [0.2, 0.25) is 0 Å². The van der Waals surface area contributed by atoms with Crippen molar-refractivity contribution >= 4 is 33.2 Å². The summed E-state index contributed by atoms with van der Waals surface area (Å²) >= 11 is 3.00. The van der Waals surface area contributed by atoms with Crippen LogP contribution in [0.2, 0.25) is 0 Å². The molecule has 0 aliphatic heterocycles. The number of carbonyl (C=O) groups excluding carboxylic acids is 1. The van der Waals surface area contributed by atoms with Crippen LogP contribution in [0.25, 0.3) is 0 Å². The molecule has 0 bridgehead atoms. The molecule has 21 heavy (non-hydrogen) atoms. The minimum atomic E-state index is -0.660. The Balaban J connectivity index is 2.34. The zero-order valence-corrected chi connectivity index (χ0v) is 12.5. The second-order valence-electron chi connectivity index (χ2n) is 4.36. The Labute approximate surface area is 128 Å². The van der Waals surface area contributed by atoms with E-state index in [0.717, 1.165) is 6.07 Å². The van der Waals surface area contributed by atoms with E-state index in [4.69, 9.17) is 0 Å². The van der Waals surface area contributed by atoms with Gasteiger partial charge in [0.05, 0.1) is 9.40 Å². The molecule has 0 spiro atoms. The van der Waals surface area contributed by atoms with Crippen molar-refractivity contribution in [3.8, 4) is 0 Å². The number of nitro groups is 1. The Morgan fingerprint density at radius 1 is 1.29 bits per heavy atom. The number of anilines is 1. The zero-order valence-electron chi connectivity index (χ0n) is 10.9. The number of carbonyl (C=O) groups is 1. The van der Waals surface area contributed by atoms with Gasteiger partial charge in [-0.3, -0.25) is 14.9 Å². The third-order valence-electron chi connectivity index (χ3n) is 2.77. The average molecular weight is 353 g/mol. The van der Waals surface area contributed by atoms with Gasteiger partial charge < -0.3 is 5.32 Å². The average Bonchev–Trinajstić information content (AvgIpc) is 2.42. The van der Waals surface area contributed by atoms with E-state index in [0.29, 0.717) is 5.56 Å². The smallest absolute Gasteiger partial charge is 0.282 e. The van der Waals surface area contributed by atoms with E-state index in [1.165, 1.54) is 24.3 Å². The van der Waals surface area contributed by atoms with Crippen LogP contribution in [-0.2, 0) is 0 Å². The molecule has 0 aliphatic carbocycles. The first-order valence-corrected chi connectivity index (χ1v) is 6.69. The van der Waals surface area contributed by atoms with Crippen molar-refractivity contribution in [1.82, 2.24) is 0 Å². The van der Waals surface area contributed by atoms with Gasteiger partial charge in [0.15, 0.2) is 0 Å². The highest BCUT2D eigenvalue weighted by Gasteiger charge is 2.20. The minimum Gasteiger partial charge on any atom is -0.322 e. The van der Waals surface area contributed by atoms with Crippen LogP contribution in [0.3, 0.4) is 0 Å². The van der Waals surface area contributed by atoms with Gasteiger partial charge in [-0.15, -0.1) is 0 Å². The summed E-state index contributed by atoms with van der Waals surface area (Å²) in [7, 11) is 0. The lowest BCUT2D eigenvalue weighted by molar-refractivity contribution is -0.385. The number of halogens is 2. The Bertz CT molecular complexity index is 734.